The molecule has 0 saturated heterocycles. The van der Waals surface area contributed by atoms with E-state index >= 15 is 0 Å². The summed E-state index contributed by atoms with van der Waals surface area (Å²) in [7, 11) is 0. The van der Waals surface area contributed by atoms with E-state index in [-0.39, 0.29) is 30.4 Å². The molecule has 4 rings (SSSR count). The molecule has 1 atom stereocenters. The van der Waals surface area contributed by atoms with Gasteiger partial charge in [0.15, 0.2) is 0 Å². The van der Waals surface area contributed by atoms with Gasteiger partial charge in [-0.1, -0.05) is 19.1 Å². The molecule has 0 fully saturated rings. The summed E-state index contributed by atoms with van der Waals surface area (Å²) >= 11 is 1.59. The third kappa shape index (κ3) is 3.58. The van der Waals surface area contributed by atoms with Crippen molar-refractivity contribution in [2.45, 2.75) is 46.2 Å². The van der Waals surface area contributed by atoms with Gasteiger partial charge in [-0.15, -0.1) is 11.3 Å². The third-order valence-corrected chi connectivity index (χ3v) is 6.48. The van der Waals surface area contributed by atoms with Crippen molar-refractivity contribution in [2.24, 2.45) is 5.92 Å². The molecule has 1 N–H and O–H groups in total. The Morgan fingerprint density at radius 1 is 1.43 bits per heavy atom. The van der Waals surface area contributed by atoms with Gasteiger partial charge in [0.25, 0.3) is 5.56 Å². The average Bonchev–Trinajstić information content (AvgIpc) is 3.03. The summed E-state index contributed by atoms with van der Waals surface area (Å²) in [5.41, 5.74) is 2.20. The number of hydrogen-bond donors (Lipinski definition) is 1. The number of nitrogens with one attached hydrogen (secondary N) is 1. The molecule has 1 amide bonds. The fraction of sp³-hybridized carbons (Fsp3) is 0.381. The Bertz CT molecular complexity index is 1120. The van der Waals surface area contributed by atoms with Gasteiger partial charge < -0.3 is 5.32 Å². The number of fused-ring (bicyclic) bond motifs is 3. The molecule has 146 valence electrons. The first-order valence-electron chi connectivity index (χ1n) is 9.43. The Hall–Kier alpha value is -2.54. The van der Waals surface area contributed by atoms with Crippen LogP contribution < -0.4 is 10.9 Å². The zero-order valence-corrected chi connectivity index (χ0v) is 16.7. The number of aromatic nitrogens is 2. The summed E-state index contributed by atoms with van der Waals surface area (Å²) in [6.45, 7) is 4.03. The molecule has 5 nitrogen and oxygen atoms in total. The van der Waals surface area contributed by atoms with E-state index < -0.39 is 0 Å². The predicted octanol–water partition coefficient (Wildman–Crippen LogP) is 3.35. The fourth-order valence-electron chi connectivity index (χ4n) is 3.64. The SMILES string of the molecule is Cc1ccc(CNC(=O)Cn2cnc3sc4c(c3c2=O)CCC(C)C4)cc1F. The quantitative estimate of drug-likeness (QED) is 0.732. The van der Waals surface area contributed by atoms with Crippen LogP contribution in [0, 0.1) is 18.7 Å². The largest absolute Gasteiger partial charge is 0.350 e. The number of benzene rings is 1. The summed E-state index contributed by atoms with van der Waals surface area (Å²) < 4.78 is 15.0. The van der Waals surface area contributed by atoms with Crippen LogP contribution in [0.1, 0.15) is 34.9 Å². The van der Waals surface area contributed by atoms with E-state index in [1.54, 1.807) is 30.4 Å². The second-order valence-corrected chi connectivity index (χ2v) is 8.65. The molecule has 3 aromatic rings. The molecule has 0 spiro atoms. The molecule has 0 saturated carbocycles. The van der Waals surface area contributed by atoms with Gasteiger partial charge in [0.05, 0.1) is 11.7 Å². The van der Waals surface area contributed by atoms with Crippen LogP contribution in [-0.4, -0.2) is 15.5 Å². The lowest BCUT2D eigenvalue weighted by Crippen LogP contribution is -2.32. The number of halogens is 1. The van der Waals surface area contributed by atoms with Crippen LogP contribution in [0.15, 0.2) is 29.3 Å². The van der Waals surface area contributed by atoms with Crippen LogP contribution in [0.3, 0.4) is 0 Å². The van der Waals surface area contributed by atoms with Crippen molar-refractivity contribution >= 4 is 27.5 Å². The van der Waals surface area contributed by atoms with E-state index in [0.29, 0.717) is 22.4 Å². The number of amides is 1. The fourth-order valence-corrected chi connectivity index (χ4v) is 4.98. The van der Waals surface area contributed by atoms with E-state index in [0.717, 1.165) is 29.7 Å². The Balaban J connectivity index is 1.51. The van der Waals surface area contributed by atoms with Crippen molar-refractivity contribution in [3.63, 3.8) is 0 Å². The molecule has 1 aromatic carbocycles. The number of nitrogens with zero attached hydrogens (tertiary/aromatic N) is 2. The lowest BCUT2D eigenvalue weighted by atomic mass is 9.89. The Labute approximate surface area is 166 Å². The Kier molecular flexibility index (Phi) is 5.02. The van der Waals surface area contributed by atoms with Crippen LogP contribution in [-0.2, 0) is 30.7 Å². The summed E-state index contributed by atoms with van der Waals surface area (Å²) in [5.74, 6) is 0.0244. The predicted molar refractivity (Wildman–Crippen MR) is 108 cm³/mol. The zero-order valence-electron chi connectivity index (χ0n) is 15.9. The Morgan fingerprint density at radius 3 is 3.04 bits per heavy atom. The topological polar surface area (TPSA) is 64.0 Å². The van der Waals surface area contributed by atoms with Gasteiger partial charge in [0.1, 0.15) is 17.2 Å². The van der Waals surface area contributed by atoms with Gasteiger partial charge >= 0.3 is 0 Å². The van der Waals surface area contributed by atoms with Crippen LogP contribution in [0.5, 0.6) is 0 Å². The minimum absolute atomic E-state index is 0.100. The maximum absolute atomic E-state index is 13.6. The lowest BCUT2D eigenvalue weighted by molar-refractivity contribution is -0.121. The lowest BCUT2D eigenvalue weighted by Gasteiger charge is -2.17. The monoisotopic (exact) mass is 399 g/mol. The third-order valence-electron chi connectivity index (χ3n) is 5.32. The summed E-state index contributed by atoms with van der Waals surface area (Å²) in [5, 5.41) is 3.41. The van der Waals surface area contributed by atoms with Crippen molar-refractivity contribution in [2.75, 3.05) is 0 Å². The number of carbonyl (C=O) groups is 1. The highest BCUT2D eigenvalue weighted by atomic mass is 32.1. The van der Waals surface area contributed by atoms with Crippen LogP contribution in [0.25, 0.3) is 10.2 Å². The van der Waals surface area contributed by atoms with Gasteiger partial charge in [-0.25, -0.2) is 9.37 Å². The Morgan fingerprint density at radius 2 is 2.25 bits per heavy atom. The number of carbonyl (C=O) groups excluding carboxylic acids is 1. The smallest absolute Gasteiger partial charge is 0.262 e. The normalized spacial score (nSPS) is 16.2. The molecule has 7 heteroatoms. The molecule has 28 heavy (non-hydrogen) atoms. The summed E-state index contributed by atoms with van der Waals surface area (Å²) in [6, 6.07) is 4.87. The highest BCUT2D eigenvalue weighted by Crippen LogP contribution is 2.35. The molecule has 0 aliphatic heterocycles. The van der Waals surface area contributed by atoms with Crippen molar-refractivity contribution < 1.29 is 9.18 Å². The molecule has 0 bridgehead atoms. The molecular formula is C21H22FN3O2S. The van der Waals surface area contributed by atoms with E-state index in [1.807, 2.05) is 0 Å². The van der Waals surface area contributed by atoms with Crippen LogP contribution in [0.2, 0.25) is 0 Å². The van der Waals surface area contributed by atoms with Gasteiger partial charge in [-0.3, -0.25) is 14.2 Å². The highest BCUT2D eigenvalue weighted by molar-refractivity contribution is 7.18. The van der Waals surface area contributed by atoms with Crippen LogP contribution >= 0.6 is 11.3 Å². The van der Waals surface area contributed by atoms with E-state index in [2.05, 4.69) is 17.2 Å². The van der Waals surface area contributed by atoms with Gasteiger partial charge in [-0.05, 0) is 54.9 Å². The average molecular weight is 399 g/mol. The van der Waals surface area contributed by atoms with Gasteiger partial charge in [0, 0.05) is 11.4 Å². The second-order valence-electron chi connectivity index (χ2n) is 7.57. The molecular weight excluding hydrogens is 377 g/mol. The van der Waals surface area contributed by atoms with E-state index in [4.69, 9.17) is 0 Å². The maximum atomic E-state index is 13.6. The molecule has 1 aliphatic rings. The van der Waals surface area contributed by atoms with Gasteiger partial charge in [-0.2, -0.15) is 0 Å². The highest BCUT2D eigenvalue weighted by Gasteiger charge is 2.23. The standard InChI is InChI=1S/C21H22FN3O2S/c1-12-3-6-15-17(7-12)28-20-19(15)21(27)25(11-24-20)10-18(26)23-9-14-5-4-13(2)16(22)8-14/h4-5,8,11-12H,3,6-7,9-10H2,1-2H3,(H,23,26). The first kappa shape index (κ1) is 18.8. The summed E-state index contributed by atoms with van der Waals surface area (Å²) in [6.07, 6.45) is 4.40. The molecule has 1 unspecified atom stereocenters. The summed E-state index contributed by atoms with van der Waals surface area (Å²) in [4.78, 5) is 31.7. The number of thiophene rings is 1. The number of rotatable bonds is 4. The van der Waals surface area contributed by atoms with Crippen molar-refractivity contribution in [1.29, 1.82) is 0 Å². The number of aryl methyl sites for hydroxylation is 2. The second kappa shape index (κ2) is 7.47. The minimum Gasteiger partial charge on any atom is -0.350 e. The minimum atomic E-state index is -0.304. The van der Waals surface area contributed by atoms with Crippen molar-refractivity contribution in [3.05, 3.63) is 62.3 Å². The zero-order chi connectivity index (χ0) is 19.8. The maximum Gasteiger partial charge on any atom is 0.262 e. The first-order valence-corrected chi connectivity index (χ1v) is 10.3. The van der Waals surface area contributed by atoms with E-state index in [1.165, 1.54) is 21.8 Å². The molecule has 1 aliphatic carbocycles. The first-order chi connectivity index (χ1) is 13.4. The van der Waals surface area contributed by atoms with Gasteiger partial charge in [0.2, 0.25) is 5.91 Å². The van der Waals surface area contributed by atoms with E-state index in [9.17, 15) is 14.0 Å². The molecule has 2 heterocycles. The number of hydrogen-bond acceptors (Lipinski definition) is 4. The molecule has 0 radical (unpaired) electrons. The van der Waals surface area contributed by atoms with Crippen molar-refractivity contribution in [1.82, 2.24) is 14.9 Å². The van der Waals surface area contributed by atoms with Crippen LogP contribution in [0.4, 0.5) is 4.39 Å². The van der Waals surface area contributed by atoms with Crippen molar-refractivity contribution in [3.8, 4) is 0 Å². The molecule has 2 aromatic heterocycles.